The third-order valence-electron chi connectivity index (χ3n) is 11.4. The van der Waals surface area contributed by atoms with E-state index in [2.05, 4.69) is 31.1 Å². The van der Waals surface area contributed by atoms with Crippen molar-refractivity contribution in [2.75, 3.05) is 23.8 Å². The van der Waals surface area contributed by atoms with Crippen LogP contribution in [0.4, 0.5) is 34.1 Å². The van der Waals surface area contributed by atoms with E-state index in [1.54, 1.807) is 117 Å². The minimum Gasteiger partial charge on any atom is -0.870 e. The minimum absolute atomic E-state index is 0. The summed E-state index contributed by atoms with van der Waals surface area (Å²) >= 11 is 12.7. The van der Waals surface area contributed by atoms with Crippen LogP contribution in [-0.2, 0) is 33.1 Å². The molecule has 0 aliphatic heterocycles. The number of hydrogen-bond donors (Lipinski definition) is 4. The normalized spacial score (nSPS) is 11.5. The molecular formula is C54H46CaCl2N6O12S2. The van der Waals surface area contributed by atoms with Crippen LogP contribution in [-0.4, -0.2) is 93.8 Å². The van der Waals surface area contributed by atoms with E-state index in [1.807, 2.05) is 13.8 Å². The molecule has 0 unspecified atom stereocenters. The quantitative estimate of drug-likeness (QED) is 0.0399. The first-order chi connectivity index (χ1) is 36.3. The third kappa shape index (κ3) is 14.1. The molecule has 0 aromatic heterocycles. The fraction of sp³-hybridized carbons (Fsp3) is 0.148. The summed E-state index contributed by atoms with van der Waals surface area (Å²) in [5.74, 6) is -0.917. The maximum absolute atomic E-state index is 13.4. The number of benzene rings is 8. The third-order valence-corrected chi connectivity index (χ3v) is 14.1. The van der Waals surface area contributed by atoms with E-state index in [0.717, 1.165) is 6.07 Å². The van der Waals surface area contributed by atoms with Crippen LogP contribution in [0.1, 0.15) is 59.5 Å². The molecule has 0 aliphatic carbocycles. The van der Waals surface area contributed by atoms with Crippen molar-refractivity contribution in [3.8, 4) is 23.0 Å². The molecule has 8 rings (SSSR count). The maximum Gasteiger partial charge on any atom is 2.00 e. The van der Waals surface area contributed by atoms with Crippen LogP contribution in [0.3, 0.4) is 0 Å². The number of fused-ring (bicyclic) bond motifs is 2. The Morgan fingerprint density at radius 1 is 0.584 bits per heavy atom. The molecule has 0 saturated heterocycles. The number of phenols is 1. The van der Waals surface area contributed by atoms with Gasteiger partial charge in [0.05, 0.1) is 44.3 Å². The van der Waals surface area contributed by atoms with Crippen molar-refractivity contribution in [2.24, 2.45) is 20.5 Å². The summed E-state index contributed by atoms with van der Waals surface area (Å²) < 4.78 is 78.4. The number of nitrogens with zero attached hydrogens (tertiary/aromatic N) is 4. The molecule has 2 amide bonds. The van der Waals surface area contributed by atoms with Crippen molar-refractivity contribution in [2.45, 2.75) is 50.3 Å². The van der Waals surface area contributed by atoms with Crippen molar-refractivity contribution in [3.63, 3.8) is 0 Å². The number of amides is 2. The Morgan fingerprint density at radius 2 is 1.00 bits per heavy atom. The second-order valence-corrected chi connectivity index (χ2v) is 19.8. The smallest absolute Gasteiger partial charge is 0.870 e. The van der Waals surface area contributed by atoms with Gasteiger partial charge in [-0.05, 0) is 134 Å². The van der Waals surface area contributed by atoms with Crippen LogP contribution in [0.25, 0.3) is 21.5 Å². The van der Waals surface area contributed by atoms with Crippen molar-refractivity contribution in [1.29, 1.82) is 0 Å². The Morgan fingerprint density at radius 3 is 1.45 bits per heavy atom. The first-order valence-electron chi connectivity index (χ1n) is 23.2. The second kappa shape index (κ2) is 26.1. The van der Waals surface area contributed by atoms with Gasteiger partial charge in [0.1, 0.15) is 38.7 Å². The average molecular weight is 1150 g/mol. The van der Waals surface area contributed by atoms with Crippen molar-refractivity contribution >= 4 is 149 Å². The molecular weight excluding hydrogens is 1100 g/mol. The van der Waals surface area contributed by atoms with Gasteiger partial charge in [0.25, 0.3) is 21.9 Å². The van der Waals surface area contributed by atoms with Gasteiger partial charge < -0.3 is 34.9 Å². The van der Waals surface area contributed by atoms with Crippen molar-refractivity contribution < 1.29 is 55.2 Å². The SMILES string of the molecule is CCOc1ccc(NC(=O)c2cc3ccccc3c(N=Nc3ccc(S(=O)(=O)O)c(CC)c3Cl)c2O)cc1.CCOc1ccc(NC(=O)c2cc3ccccc3c(N=Nc3ccc(S(=O)(=O)[O-])c(CC)c3Cl)c2[O-])cc1.[Ca+2]. The standard InChI is InChI=1S/2C27H24ClN3O6S.Ca/c2*1-3-19-23(38(34,35)36)14-13-22(24(19)28)30-31-25-20-8-6-5-7-16(20)15-21(26(25)32)27(33)29-17-9-11-18(12-10-17)37-4-2;/h2*5-15,32H,3-4H2,1-2H3,(H,29,33)(H,34,35,36);/q;;+2/p-2. The predicted molar refractivity (Wildman–Crippen MR) is 294 cm³/mol. The van der Waals surface area contributed by atoms with Gasteiger partial charge in [-0.1, -0.05) is 91.3 Å². The number of rotatable bonds is 16. The first kappa shape index (κ1) is 59.5. The number of carbonyl (C=O) groups is 2. The van der Waals surface area contributed by atoms with E-state index in [9.17, 15) is 45.7 Å². The number of halogens is 2. The number of anilines is 2. The van der Waals surface area contributed by atoms with Gasteiger partial charge >= 0.3 is 37.7 Å². The van der Waals surface area contributed by atoms with Crippen LogP contribution in [0.2, 0.25) is 10.0 Å². The van der Waals surface area contributed by atoms with Crippen LogP contribution < -0.4 is 25.2 Å². The number of carbonyl (C=O) groups excluding carboxylic acids is 2. The van der Waals surface area contributed by atoms with Crippen LogP contribution in [0.15, 0.2) is 164 Å². The Labute approximate surface area is 483 Å². The molecule has 0 bridgehead atoms. The summed E-state index contributed by atoms with van der Waals surface area (Å²) in [7, 11) is -9.22. The van der Waals surface area contributed by atoms with E-state index in [4.69, 9.17) is 32.7 Å². The maximum atomic E-state index is 13.4. The molecule has 0 spiro atoms. The summed E-state index contributed by atoms with van der Waals surface area (Å²) in [4.78, 5) is 25.4. The molecule has 8 aromatic rings. The van der Waals surface area contributed by atoms with Crippen molar-refractivity contribution in [1.82, 2.24) is 0 Å². The molecule has 0 atom stereocenters. The molecule has 0 saturated carbocycles. The van der Waals surface area contributed by atoms with Gasteiger partial charge in [0.2, 0.25) is 0 Å². The number of aromatic hydroxyl groups is 1. The molecule has 4 N–H and O–H groups in total. The number of hydrogen-bond acceptors (Lipinski definition) is 15. The van der Waals surface area contributed by atoms with E-state index < -0.39 is 48.4 Å². The first-order valence-corrected chi connectivity index (χ1v) is 26.8. The number of nitrogens with one attached hydrogen (secondary N) is 2. The van der Waals surface area contributed by atoms with Gasteiger partial charge in [-0.25, -0.2) is 8.42 Å². The summed E-state index contributed by atoms with van der Waals surface area (Å²) in [5.41, 5.74) is 1.26. The zero-order valence-corrected chi connectivity index (χ0v) is 46.9. The van der Waals surface area contributed by atoms with Gasteiger partial charge in [0.15, 0.2) is 5.75 Å². The predicted octanol–water partition coefficient (Wildman–Crippen LogP) is 12.8. The zero-order chi connectivity index (χ0) is 54.9. The average Bonchev–Trinajstić information content (AvgIpc) is 3.41. The van der Waals surface area contributed by atoms with E-state index in [-0.39, 0.29) is 111 Å². The summed E-state index contributed by atoms with van der Waals surface area (Å²) in [6.45, 7) is 8.09. The molecule has 0 radical (unpaired) electrons. The summed E-state index contributed by atoms with van der Waals surface area (Å²) in [6.07, 6.45) is 0.378. The van der Waals surface area contributed by atoms with Crippen molar-refractivity contribution in [3.05, 3.63) is 166 Å². The summed E-state index contributed by atoms with van der Waals surface area (Å²) in [6, 6.07) is 35.3. The zero-order valence-electron chi connectivity index (χ0n) is 41.6. The number of ether oxygens (including phenoxy) is 2. The number of phenolic OH excluding ortho intramolecular Hbond substituents is 1. The molecule has 0 heterocycles. The fourth-order valence-electron chi connectivity index (χ4n) is 7.85. The largest absolute Gasteiger partial charge is 2.00 e. The van der Waals surface area contributed by atoms with E-state index in [1.165, 1.54) is 24.3 Å². The molecule has 77 heavy (non-hydrogen) atoms. The second-order valence-electron chi connectivity index (χ2n) is 16.3. The molecule has 0 fully saturated rings. The van der Waals surface area contributed by atoms with Gasteiger partial charge in [-0.15, -0.1) is 15.3 Å². The topological polar surface area (TPSA) is 281 Å². The van der Waals surface area contributed by atoms with E-state index in [0.29, 0.717) is 57.6 Å². The molecule has 23 heteroatoms. The molecule has 392 valence electrons. The van der Waals surface area contributed by atoms with Gasteiger partial charge in [-0.3, -0.25) is 14.1 Å². The van der Waals surface area contributed by atoms with Gasteiger partial charge in [-0.2, -0.15) is 13.5 Å². The minimum atomic E-state index is -4.74. The molecule has 18 nitrogen and oxygen atoms in total. The van der Waals surface area contributed by atoms with Crippen LogP contribution in [0, 0.1) is 0 Å². The van der Waals surface area contributed by atoms with E-state index >= 15 is 0 Å². The molecule has 0 aliphatic rings. The Kier molecular flexibility index (Phi) is 20.2. The van der Waals surface area contributed by atoms with Crippen LogP contribution in [0.5, 0.6) is 23.0 Å². The molecule has 8 aromatic carbocycles. The fourth-order valence-corrected chi connectivity index (χ4v) is 10.2. The Bertz CT molecular complexity index is 3560. The van der Waals surface area contributed by atoms with Gasteiger partial charge in [0, 0.05) is 27.7 Å². The monoisotopic (exact) mass is 1140 g/mol. The Hall–Kier alpha value is -6.72. The van der Waals surface area contributed by atoms with Crippen LogP contribution >= 0.6 is 23.2 Å². The number of azo groups is 2. The summed E-state index contributed by atoms with van der Waals surface area (Å²) in [5, 5.41) is 48.6. The Balaban J connectivity index is 0.000000246.